The van der Waals surface area contributed by atoms with Crippen LogP contribution in [-0.2, 0) is 14.8 Å². The minimum absolute atomic E-state index is 0.0422. The van der Waals surface area contributed by atoms with Gasteiger partial charge in [0.1, 0.15) is 11.4 Å². The van der Waals surface area contributed by atoms with E-state index in [4.69, 9.17) is 0 Å². The summed E-state index contributed by atoms with van der Waals surface area (Å²) in [6, 6.07) is 7.46. The molecule has 134 valence electrons. The first-order valence-electron chi connectivity index (χ1n) is 7.36. The fraction of sp³-hybridized carbons (Fsp3) is 0.118. The van der Waals surface area contributed by atoms with Crippen molar-refractivity contribution in [3.63, 3.8) is 0 Å². The van der Waals surface area contributed by atoms with Crippen LogP contribution in [0.5, 0.6) is 0 Å². The molecule has 1 aliphatic rings. The molecule has 0 bridgehead atoms. The number of carbonyl (C=O) groups excluding carboxylic acids is 1. The zero-order valence-electron chi connectivity index (χ0n) is 13.7. The van der Waals surface area contributed by atoms with Crippen molar-refractivity contribution in [2.24, 2.45) is 0 Å². The van der Waals surface area contributed by atoms with Gasteiger partial charge >= 0.3 is 5.97 Å². The molecule has 1 aromatic carbocycles. The van der Waals surface area contributed by atoms with Gasteiger partial charge in [0.2, 0.25) is 0 Å². The van der Waals surface area contributed by atoms with Gasteiger partial charge in [-0.15, -0.1) is 0 Å². The summed E-state index contributed by atoms with van der Waals surface area (Å²) in [5, 5.41) is 9.56. The molecule has 1 N–H and O–H groups in total. The van der Waals surface area contributed by atoms with Crippen molar-refractivity contribution in [3.8, 4) is 0 Å². The maximum atomic E-state index is 13.3. The standard InChI is InChI=1S/C17H13BrN2O5S/c1-10-5-3-4-6-15(10)26(24,25)20-13(17(22)23)7-11-12(18)8-19(2)14(9-21)16(11)20/h3-8H,1-2H3,(H,22,23). The van der Waals surface area contributed by atoms with Crippen LogP contribution in [0.15, 0.2) is 41.4 Å². The first kappa shape index (κ1) is 18.2. The third-order valence-electron chi connectivity index (χ3n) is 4.03. The SMILES string of the molecule is Cc1ccccc1S(=O)(=O)n1c(C(=O)O)cc2c1C(=C=O)N(C)C=C2Br. The van der Waals surface area contributed by atoms with Gasteiger partial charge in [0, 0.05) is 23.3 Å². The second-order valence-electron chi connectivity index (χ2n) is 5.67. The number of carboxylic acid groups (broad SMARTS) is 1. The molecule has 0 unspecified atom stereocenters. The van der Waals surface area contributed by atoms with Gasteiger partial charge in [0.05, 0.1) is 4.90 Å². The van der Waals surface area contributed by atoms with E-state index in [-0.39, 0.29) is 21.8 Å². The van der Waals surface area contributed by atoms with Crippen molar-refractivity contribution in [1.82, 2.24) is 8.87 Å². The topological polar surface area (TPSA) is 96.7 Å². The number of rotatable bonds is 3. The van der Waals surface area contributed by atoms with Crippen LogP contribution < -0.4 is 0 Å². The number of halogens is 1. The number of benzene rings is 1. The smallest absolute Gasteiger partial charge is 0.353 e. The quantitative estimate of drug-likeness (QED) is 0.742. The van der Waals surface area contributed by atoms with Crippen LogP contribution in [0.25, 0.3) is 10.2 Å². The van der Waals surface area contributed by atoms with E-state index in [1.54, 1.807) is 44.3 Å². The zero-order valence-corrected chi connectivity index (χ0v) is 16.1. The molecule has 2 aromatic rings. The Morgan fingerprint density at radius 2 is 1.92 bits per heavy atom. The van der Waals surface area contributed by atoms with Crippen LogP contribution in [0.3, 0.4) is 0 Å². The summed E-state index contributed by atoms with van der Waals surface area (Å²) in [6.45, 7) is 1.61. The number of hydrogen-bond acceptors (Lipinski definition) is 5. The Morgan fingerprint density at radius 3 is 2.50 bits per heavy atom. The lowest BCUT2D eigenvalue weighted by molar-refractivity contribution is 0.0689. The monoisotopic (exact) mass is 436 g/mol. The predicted octanol–water partition coefficient (Wildman–Crippen LogP) is 2.54. The first-order valence-corrected chi connectivity index (χ1v) is 9.59. The van der Waals surface area contributed by atoms with Gasteiger partial charge in [-0.1, -0.05) is 18.2 Å². The normalized spacial score (nSPS) is 13.9. The van der Waals surface area contributed by atoms with Gasteiger partial charge in [0.25, 0.3) is 10.0 Å². The molecule has 0 atom stereocenters. The second-order valence-corrected chi connectivity index (χ2v) is 8.28. The van der Waals surface area contributed by atoms with Gasteiger partial charge in [-0.2, -0.15) is 0 Å². The van der Waals surface area contributed by atoms with Crippen LogP contribution in [0.1, 0.15) is 27.3 Å². The third-order valence-corrected chi connectivity index (χ3v) is 6.53. The Labute approximate surface area is 158 Å². The van der Waals surface area contributed by atoms with Crippen molar-refractivity contribution < 1.29 is 23.1 Å². The Balaban J connectivity index is 2.47. The highest BCUT2D eigenvalue weighted by atomic mass is 79.9. The van der Waals surface area contributed by atoms with E-state index < -0.39 is 21.7 Å². The van der Waals surface area contributed by atoms with Crippen LogP contribution in [0.4, 0.5) is 0 Å². The van der Waals surface area contributed by atoms with Crippen molar-refractivity contribution in [2.75, 3.05) is 7.05 Å². The molecule has 3 rings (SSSR count). The van der Waals surface area contributed by atoms with Crippen molar-refractivity contribution in [3.05, 3.63) is 59.0 Å². The molecule has 0 aliphatic carbocycles. The number of aromatic nitrogens is 1. The second kappa shape index (κ2) is 6.28. The first-order chi connectivity index (χ1) is 12.2. The number of aromatic carboxylic acids is 1. The van der Waals surface area contributed by atoms with E-state index in [1.165, 1.54) is 17.0 Å². The summed E-state index contributed by atoms with van der Waals surface area (Å²) in [4.78, 5) is 24.6. The lowest BCUT2D eigenvalue weighted by atomic mass is 10.1. The van der Waals surface area contributed by atoms with E-state index in [0.717, 1.165) is 0 Å². The fourth-order valence-electron chi connectivity index (χ4n) is 2.83. The van der Waals surface area contributed by atoms with E-state index >= 15 is 0 Å². The number of fused-ring (bicyclic) bond motifs is 1. The van der Waals surface area contributed by atoms with Crippen molar-refractivity contribution in [1.29, 1.82) is 0 Å². The average Bonchev–Trinajstić information content (AvgIpc) is 2.97. The van der Waals surface area contributed by atoms with Crippen LogP contribution >= 0.6 is 15.9 Å². The summed E-state index contributed by atoms with van der Waals surface area (Å²) >= 11 is 3.29. The van der Waals surface area contributed by atoms with Gasteiger partial charge in [0.15, 0.2) is 11.6 Å². The highest BCUT2D eigenvalue weighted by Crippen LogP contribution is 2.39. The maximum Gasteiger partial charge on any atom is 0.353 e. The highest BCUT2D eigenvalue weighted by molar-refractivity contribution is 9.15. The summed E-state index contributed by atoms with van der Waals surface area (Å²) in [5.74, 6) is 0.284. The molecule has 0 amide bonds. The molecule has 2 heterocycles. The third kappa shape index (κ3) is 2.61. The molecule has 0 saturated carbocycles. The number of hydrogen-bond donors (Lipinski definition) is 1. The molecule has 0 saturated heterocycles. The lowest BCUT2D eigenvalue weighted by Gasteiger charge is -2.23. The zero-order chi connectivity index (χ0) is 19.2. The predicted molar refractivity (Wildman–Crippen MR) is 98.9 cm³/mol. The average molecular weight is 437 g/mol. The Hall–Kier alpha value is -2.61. The summed E-state index contributed by atoms with van der Waals surface area (Å²) < 4.78 is 27.7. The van der Waals surface area contributed by atoms with E-state index in [2.05, 4.69) is 15.9 Å². The summed E-state index contributed by atoms with van der Waals surface area (Å²) in [6.07, 6.45) is 1.54. The van der Waals surface area contributed by atoms with E-state index in [0.29, 0.717) is 14.0 Å². The van der Waals surface area contributed by atoms with Crippen LogP contribution in [0.2, 0.25) is 0 Å². The van der Waals surface area contributed by atoms with Crippen LogP contribution in [0, 0.1) is 6.92 Å². The molecule has 1 aliphatic heterocycles. The molecule has 26 heavy (non-hydrogen) atoms. The molecular formula is C17H13BrN2O5S. The van der Waals surface area contributed by atoms with E-state index in [1.807, 2.05) is 0 Å². The van der Waals surface area contributed by atoms with Crippen LogP contribution in [-0.4, -0.2) is 41.4 Å². The molecule has 0 fully saturated rings. The molecule has 9 heteroatoms. The van der Waals surface area contributed by atoms with Crippen molar-refractivity contribution in [2.45, 2.75) is 11.8 Å². The number of carboxylic acids is 1. The molecule has 0 spiro atoms. The maximum absolute atomic E-state index is 13.3. The Bertz CT molecular complexity index is 1120. The largest absolute Gasteiger partial charge is 0.477 e. The number of nitrogens with zero attached hydrogens (tertiary/aromatic N) is 2. The molecule has 7 nitrogen and oxygen atoms in total. The van der Waals surface area contributed by atoms with Gasteiger partial charge in [-0.25, -0.2) is 22.0 Å². The molecule has 0 radical (unpaired) electrons. The van der Waals surface area contributed by atoms with Gasteiger partial charge in [-0.05, 0) is 40.5 Å². The molecule has 1 aromatic heterocycles. The Morgan fingerprint density at radius 1 is 1.27 bits per heavy atom. The molecular weight excluding hydrogens is 424 g/mol. The van der Waals surface area contributed by atoms with E-state index in [9.17, 15) is 23.1 Å². The summed E-state index contributed by atoms with van der Waals surface area (Å²) in [7, 11) is -2.73. The highest BCUT2D eigenvalue weighted by Gasteiger charge is 2.35. The number of aryl methyl sites for hydroxylation is 1. The minimum Gasteiger partial charge on any atom is -0.477 e. The van der Waals surface area contributed by atoms with Gasteiger partial charge in [-0.3, -0.25) is 0 Å². The fourth-order valence-corrected chi connectivity index (χ4v) is 5.18. The van der Waals surface area contributed by atoms with Gasteiger partial charge < -0.3 is 10.0 Å². The number of carbonyl (C=O) groups is 1. The minimum atomic E-state index is -4.27. The summed E-state index contributed by atoms with van der Waals surface area (Å²) in [5.41, 5.74) is 0.162. The lowest BCUT2D eigenvalue weighted by Crippen LogP contribution is -2.25. The Kier molecular flexibility index (Phi) is 4.39. The van der Waals surface area contributed by atoms with Crippen molar-refractivity contribution >= 4 is 48.0 Å².